The van der Waals surface area contributed by atoms with Crippen molar-refractivity contribution in [2.24, 2.45) is 0 Å². The van der Waals surface area contributed by atoms with Gasteiger partial charge in [0.15, 0.2) is 5.11 Å². The molecular weight excluding hydrogens is 418 g/mol. The number of carbonyl (C=O) groups is 2. The zero-order chi connectivity index (χ0) is 19.0. The zero-order valence-electron chi connectivity index (χ0n) is 14.7. The van der Waals surface area contributed by atoms with E-state index in [0.717, 1.165) is 20.9 Å². The van der Waals surface area contributed by atoms with E-state index in [0.29, 0.717) is 17.4 Å². The first kappa shape index (κ1) is 18.6. The van der Waals surface area contributed by atoms with Crippen LogP contribution in [0.5, 0.6) is 0 Å². The SMILES string of the molecule is CCN1C(=O)/C(=C/c2cn(CC(=O)OC)c3ccc(Br)cc23)N(C)C1=S. The van der Waals surface area contributed by atoms with Crippen LogP contribution < -0.4 is 0 Å². The van der Waals surface area contributed by atoms with E-state index >= 15 is 0 Å². The van der Waals surface area contributed by atoms with Crippen LogP contribution in [-0.4, -0.2) is 52.1 Å². The second kappa shape index (κ2) is 7.20. The topological polar surface area (TPSA) is 54.8 Å². The molecule has 3 rings (SSSR count). The average molecular weight is 436 g/mol. The Balaban J connectivity index is 2.13. The lowest BCUT2D eigenvalue weighted by atomic mass is 10.1. The highest BCUT2D eigenvalue weighted by molar-refractivity contribution is 9.10. The molecule has 0 N–H and O–H groups in total. The summed E-state index contributed by atoms with van der Waals surface area (Å²) in [7, 11) is 3.14. The maximum absolute atomic E-state index is 12.6. The molecule has 0 atom stereocenters. The molecule has 1 fully saturated rings. The number of fused-ring (bicyclic) bond motifs is 1. The lowest BCUT2D eigenvalue weighted by molar-refractivity contribution is -0.141. The Morgan fingerprint density at radius 3 is 2.73 bits per heavy atom. The van der Waals surface area contributed by atoms with Gasteiger partial charge in [0.1, 0.15) is 12.2 Å². The molecule has 0 radical (unpaired) electrons. The fraction of sp³-hybridized carbons (Fsp3) is 0.278. The molecule has 2 aromatic rings. The Morgan fingerprint density at radius 2 is 2.12 bits per heavy atom. The molecule has 1 aromatic carbocycles. The van der Waals surface area contributed by atoms with Gasteiger partial charge >= 0.3 is 5.97 Å². The summed E-state index contributed by atoms with van der Waals surface area (Å²) < 4.78 is 7.50. The standard InChI is InChI=1S/C18H18BrN3O3S/c1-4-22-17(24)15(20(2)18(22)26)7-11-9-21(10-16(23)25-3)14-6-5-12(19)8-13(11)14/h5-9H,4,10H2,1-3H3/b15-7-. The maximum Gasteiger partial charge on any atom is 0.325 e. The van der Waals surface area contributed by atoms with Gasteiger partial charge in [0.05, 0.1) is 7.11 Å². The van der Waals surface area contributed by atoms with E-state index < -0.39 is 0 Å². The molecular formula is C18H18BrN3O3S. The smallest absolute Gasteiger partial charge is 0.325 e. The highest BCUT2D eigenvalue weighted by Crippen LogP contribution is 2.29. The summed E-state index contributed by atoms with van der Waals surface area (Å²) in [6.45, 7) is 2.51. The number of esters is 1. The number of hydrogen-bond acceptors (Lipinski definition) is 4. The highest BCUT2D eigenvalue weighted by atomic mass is 79.9. The molecule has 1 saturated heterocycles. The summed E-state index contributed by atoms with van der Waals surface area (Å²) >= 11 is 8.82. The summed E-state index contributed by atoms with van der Waals surface area (Å²) in [5.74, 6) is -0.458. The van der Waals surface area contributed by atoms with Gasteiger partial charge in [-0.2, -0.15) is 0 Å². The van der Waals surface area contributed by atoms with Crippen molar-refractivity contribution >= 4 is 62.1 Å². The van der Waals surface area contributed by atoms with Crippen molar-refractivity contribution in [2.45, 2.75) is 13.5 Å². The molecule has 0 saturated carbocycles. The van der Waals surface area contributed by atoms with Crippen LogP contribution in [0.3, 0.4) is 0 Å². The second-order valence-corrected chi connectivity index (χ2v) is 7.15. The molecule has 8 heteroatoms. The molecule has 0 aliphatic carbocycles. The molecule has 1 aromatic heterocycles. The number of halogens is 1. The monoisotopic (exact) mass is 435 g/mol. The van der Waals surface area contributed by atoms with Gasteiger partial charge in [-0.15, -0.1) is 0 Å². The first-order chi connectivity index (χ1) is 12.4. The van der Waals surface area contributed by atoms with Gasteiger partial charge in [0.25, 0.3) is 5.91 Å². The van der Waals surface area contributed by atoms with Crippen LogP contribution in [0.15, 0.2) is 34.6 Å². The fourth-order valence-electron chi connectivity index (χ4n) is 2.98. The van der Waals surface area contributed by atoms with Gasteiger partial charge in [-0.3, -0.25) is 14.5 Å². The number of ether oxygens (including phenoxy) is 1. The number of rotatable bonds is 4. The van der Waals surface area contributed by atoms with E-state index in [1.807, 2.05) is 42.0 Å². The largest absolute Gasteiger partial charge is 0.468 e. The van der Waals surface area contributed by atoms with Crippen LogP contribution in [0.2, 0.25) is 0 Å². The van der Waals surface area contributed by atoms with Gasteiger partial charge < -0.3 is 14.2 Å². The third-order valence-corrected chi connectivity index (χ3v) is 5.34. The van der Waals surface area contributed by atoms with Crippen LogP contribution >= 0.6 is 28.1 Å². The van der Waals surface area contributed by atoms with E-state index in [2.05, 4.69) is 15.9 Å². The average Bonchev–Trinajstić information content (AvgIpc) is 3.04. The number of thiocarbonyl (C=S) groups is 1. The number of amides is 1. The molecule has 136 valence electrons. The molecule has 0 bridgehead atoms. The summed E-state index contributed by atoms with van der Waals surface area (Å²) in [6, 6.07) is 5.80. The van der Waals surface area contributed by atoms with Crippen LogP contribution in [0.4, 0.5) is 0 Å². The molecule has 2 heterocycles. The third-order valence-electron chi connectivity index (χ3n) is 4.35. The van der Waals surface area contributed by atoms with E-state index in [9.17, 15) is 9.59 Å². The third kappa shape index (κ3) is 3.14. The molecule has 1 amide bonds. The van der Waals surface area contributed by atoms with Gasteiger partial charge in [0, 0.05) is 40.7 Å². The lowest BCUT2D eigenvalue weighted by Gasteiger charge is -2.13. The van der Waals surface area contributed by atoms with Crippen LogP contribution in [-0.2, 0) is 20.9 Å². The molecule has 26 heavy (non-hydrogen) atoms. The van der Waals surface area contributed by atoms with Gasteiger partial charge in [-0.25, -0.2) is 0 Å². The van der Waals surface area contributed by atoms with Crippen molar-refractivity contribution in [3.63, 3.8) is 0 Å². The Morgan fingerprint density at radius 1 is 1.38 bits per heavy atom. The minimum atomic E-state index is -0.337. The Bertz CT molecular complexity index is 951. The summed E-state index contributed by atoms with van der Waals surface area (Å²) in [5.41, 5.74) is 2.23. The quantitative estimate of drug-likeness (QED) is 0.419. The number of aromatic nitrogens is 1. The van der Waals surface area contributed by atoms with Crippen molar-refractivity contribution in [2.75, 3.05) is 20.7 Å². The minimum Gasteiger partial charge on any atom is -0.468 e. The fourth-order valence-corrected chi connectivity index (χ4v) is 3.66. The summed E-state index contributed by atoms with van der Waals surface area (Å²) in [4.78, 5) is 27.6. The summed E-state index contributed by atoms with van der Waals surface area (Å²) in [6.07, 6.45) is 3.66. The lowest BCUT2D eigenvalue weighted by Crippen LogP contribution is -2.30. The molecule has 1 aliphatic rings. The van der Waals surface area contributed by atoms with Crippen molar-refractivity contribution in [3.8, 4) is 0 Å². The zero-order valence-corrected chi connectivity index (χ0v) is 17.1. The predicted molar refractivity (Wildman–Crippen MR) is 107 cm³/mol. The van der Waals surface area contributed by atoms with E-state index in [1.54, 1.807) is 16.8 Å². The number of nitrogens with zero attached hydrogens (tertiary/aromatic N) is 3. The molecule has 1 aliphatic heterocycles. The second-order valence-electron chi connectivity index (χ2n) is 5.87. The normalized spacial score (nSPS) is 16.2. The van der Waals surface area contributed by atoms with Crippen LogP contribution in [0.1, 0.15) is 12.5 Å². The van der Waals surface area contributed by atoms with Gasteiger partial charge in [0.2, 0.25) is 0 Å². The number of hydrogen-bond donors (Lipinski definition) is 0. The van der Waals surface area contributed by atoms with Crippen molar-refractivity contribution in [1.29, 1.82) is 0 Å². The predicted octanol–water partition coefficient (Wildman–Crippen LogP) is 3.00. The maximum atomic E-state index is 12.6. The van der Waals surface area contributed by atoms with Crippen LogP contribution in [0, 0.1) is 0 Å². The number of carbonyl (C=O) groups excluding carboxylic acids is 2. The first-order valence-corrected chi connectivity index (χ1v) is 9.24. The van der Waals surface area contributed by atoms with E-state index in [-0.39, 0.29) is 18.4 Å². The number of benzene rings is 1. The molecule has 6 nitrogen and oxygen atoms in total. The summed E-state index contributed by atoms with van der Waals surface area (Å²) in [5, 5.41) is 1.42. The van der Waals surface area contributed by atoms with Crippen molar-refractivity contribution in [1.82, 2.24) is 14.4 Å². The van der Waals surface area contributed by atoms with Gasteiger partial charge in [-0.05, 0) is 43.4 Å². The highest BCUT2D eigenvalue weighted by Gasteiger charge is 2.34. The Hall–Kier alpha value is -2.19. The number of methoxy groups -OCH3 is 1. The van der Waals surface area contributed by atoms with E-state index in [4.69, 9.17) is 17.0 Å². The van der Waals surface area contributed by atoms with Crippen molar-refractivity contribution < 1.29 is 14.3 Å². The molecule has 0 spiro atoms. The van der Waals surface area contributed by atoms with Crippen molar-refractivity contribution in [3.05, 3.63) is 40.1 Å². The van der Waals surface area contributed by atoms with E-state index in [1.165, 1.54) is 7.11 Å². The Kier molecular flexibility index (Phi) is 5.15. The van der Waals surface area contributed by atoms with Gasteiger partial charge in [-0.1, -0.05) is 15.9 Å². The van der Waals surface area contributed by atoms with Crippen LogP contribution in [0.25, 0.3) is 17.0 Å². The molecule has 0 unspecified atom stereocenters. The Labute approximate surface area is 165 Å². The number of likely N-dealkylation sites (N-methyl/N-ethyl adjacent to an activating group) is 2. The first-order valence-electron chi connectivity index (χ1n) is 8.03. The minimum absolute atomic E-state index is 0.0983.